The summed E-state index contributed by atoms with van der Waals surface area (Å²) >= 11 is 4.87. The SMILES string of the molecule is CCOC(=O)c1nc(CBr)c(C(F)F)cc1I. The Bertz CT molecular complexity index is 429. The number of hydrogen-bond donors (Lipinski definition) is 0. The molecule has 0 atom stereocenters. The molecule has 0 unspecified atom stereocenters. The zero-order valence-electron chi connectivity index (χ0n) is 8.84. The molecule has 94 valence electrons. The number of nitrogens with zero attached hydrogens (tertiary/aromatic N) is 1. The zero-order chi connectivity index (χ0) is 13.0. The van der Waals surface area contributed by atoms with Crippen molar-refractivity contribution in [2.24, 2.45) is 0 Å². The van der Waals surface area contributed by atoms with Gasteiger partial charge in [0.2, 0.25) is 0 Å². The highest BCUT2D eigenvalue weighted by Crippen LogP contribution is 2.26. The fourth-order valence-electron chi connectivity index (χ4n) is 1.18. The molecule has 0 aliphatic rings. The maximum absolute atomic E-state index is 12.7. The molecule has 0 aromatic carbocycles. The molecule has 0 radical (unpaired) electrons. The number of rotatable bonds is 4. The highest BCUT2D eigenvalue weighted by molar-refractivity contribution is 14.1. The van der Waals surface area contributed by atoms with E-state index >= 15 is 0 Å². The lowest BCUT2D eigenvalue weighted by atomic mass is 10.2. The molecule has 0 spiro atoms. The van der Waals surface area contributed by atoms with Gasteiger partial charge in [0.05, 0.1) is 12.3 Å². The zero-order valence-corrected chi connectivity index (χ0v) is 12.6. The van der Waals surface area contributed by atoms with Crippen molar-refractivity contribution in [3.8, 4) is 0 Å². The lowest BCUT2D eigenvalue weighted by Crippen LogP contribution is -2.12. The molecule has 0 saturated carbocycles. The van der Waals surface area contributed by atoms with Crippen LogP contribution in [-0.4, -0.2) is 17.6 Å². The molecular formula is C10H9BrF2INO2. The number of esters is 1. The number of carbonyl (C=O) groups excluding carboxylic acids is 1. The van der Waals surface area contributed by atoms with Crippen molar-refractivity contribution < 1.29 is 18.3 Å². The van der Waals surface area contributed by atoms with Crippen molar-refractivity contribution in [3.63, 3.8) is 0 Å². The minimum absolute atomic E-state index is 0.0753. The van der Waals surface area contributed by atoms with Gasteiger partial charge in [-0.1, -0.05) is 15.9 Å². The Balaban J connectivity index is 3.22. The summed E-state index contributed by atoms with van der Waals surface area (Å²) < 4.78 is 30.6. The Morgan fingerprint density at radius 3 is 2.76 bits per heavy atom. The standard InChI is InChI=1S/C10H9BrF2INO2/c1-2-17-10(16)8-6(14)3-5(9(12)13)7(4-11)15-8/h3,9H,2,4H2,1H3. The molecule has 0 N–H and O–H groups in total. The quantitative estimate of drug-likeness (QED) is 0.424. The van der Waals surface area contributed by atoms with Gasteiger partial charge in [-0.3, -0.25) is 0 Å². The predicted octanol–water partition coefficient (Wildman–Crippen LogP) is 3.70. The summed E-state index contributed by atoms with van der Waals surface area (Å²) in [5.74, 6) is -0.597. The second kappa shape index (κ2) is 6.58. The highest BCUT2D eigenvalue weighted by Gasteiger charge is 2.20. The van der Waals surface area contributed by atoms with Gasteiger partial charge in [-0.25, -0.2) is 18.6 Å². The van der Waals surface area contributed by atoms with Crippen LogP contribution >= 0.6 is 38.5 Å². The Hall–Kier alpha value is -0.310. The summed E-state index contributed by atoms with van der Waals surface area (Å²) in [4.78, 5) is 15.4. The van der Waals surface area contributed by atoms with Crippen LogP contribution in [0.15, 0.2) is 6.07 Å². The van der Waals surface area contributed by atoms with Gasteiger partial charge in [-0.15, -0.1) is 0 Å². The van der Waals surface area contributed by atoms with Crippen molar-refractivity contribution in [3.05, 3.63) is 26.6 Å². The first-order valence-electron chi connectivity index (χ1n) is 4.71. The third-order valence-electron chi connectivity index (χ3n) is 1.92. The van der Waals surface area contributed by atoms with Crippen LogP contribution in [0.1, 0.15) is 35.1 Å². The van der Waals surface area contributed by atoms with Gasteiger partial charge >= 0.3 is 5.97 Å². The van der Waals surface area contributed by atoms with Crippen molar-refractivity contribution >= 4 is 44.5 Å². The number of ether oxygens (including phenoxy) is 1. The monoisotopic (exact) mass is 419 g/mol. The predicted molar refractivity (Wildman–Crippen MR) is 70.5 cm³/mol. The summed E-state index contributed by atoms with van der Waals surface area (Å²) in [6.07, 6.45) is -2.61. The Kier molecular flexibility index (Phi) is 5.71. The van der Waals surface area contributed by atoms with Gasteiger partial charge < -0.3 is 4.74 Å². The van der Waals surface area contributed by atoms with Gasteiger partial charge in [-0.2, -0.15) is 0 Å². The molecule has 1 aromatic rings. The van der Waals surface area contributed by atoms with Crippen LogP contribution in [-0.2, 0) is 10.1 Å². The first-order chi connectivity index (χ1) is 8.01. The first-order valence-corrected chi connectivity index (χ1v) is 6.91. The van der Waals surface area contributed by atoms with Crippen LogP contribution in [0.2, 0.25) is 0 Å². The number of hydrogen-bond acceptors (Lipinski definition) is 3. The number of alkyl halides is 3. The lowest BCUT2D eigenvalue weighted by Gasteiger charge is -2.10. The average molecular weight is 420 g/mol. The van der Waals surface area contributed by atoms with Gasteiger partial charge in [0.1, 0.15) is 0 Å². The minimum atomic E-state index is -2.61. The molecule has 7 heteroatoms. The van der Waals surface area contributed by atoms with Crippen molar-refractivity contribution in [1.29, 1.82) is 0 Å². The van der Waals surface area contributed by atoms with E-state index in [1.54, 1.807) is 29.5 Å². The topological polar surface area (TPSA) is 39.2 Å². The second-order valence-corrected chi connectivity index (χ2v) is 4.73. The molecule has 1 aromatic heterocycles. The average Bonchev–Trinajstić information content (AvgIpc) is 2.28. The number of pyridine rings is 1. The Morgan fingerprint density at radius 1 is 1.65 bits per heavy atom. The number of carbonyl (C=O) groups is 1. The third kappa shape index (κ3) is 3.57. The van der Waals surface area contributed by atoms with Crippen LogP contribution in [0, 0.1) is 3.57 Å². The van der Waals surface area contributed by atoms with E-state index in [-0.39, 0.29) is 28.9 Å². The summed E-state index contributed by atoms with van der Waals surface area (Å²) in [6, 6.07) is 1.26. The van der Waals surface area contributed by atoms with Gasteiger partial charge in [0.25, 0.3) is 6.43 Å². The van der Waals surface area contributed by atoms with E-state index in [9.17, 15) is 13.6 Å². The first kappa shape index (κ1) is 14.7. The summed E-state index contributed by atoms with van der Waals surface area (Å²) in [7, 11) is 0. The summed E-state index contributed by atoms with van der Waals surface area (Å²) in [5.41, 5.74) is 0.0640. The minimum Gasteiger partial charge on any atom is -0.461 e. The van der Waals surface area contributed by atoms with E-state index in [4.69, 9.17) is 4.74 Å². The molecule has 0 aliphatic heterocycles. The highest BCUT2D eigenvalue weighted by atomic mass is 127. The summed E-state index contributed by atoms with van der Waals surface area (Å²) in [5, 5.41) is 0.163. The molecule has 3 nitrogen and oxygen atoms in total. The molecule has 0 saturated heterocycles. The van der Waals surface area contributed by atoms with Crippen LogP contribution in [0.3, 0.4) is 0 Å². The van der Waals surface area contributed by atoms with E-state index in [1.807, 2.05) is 0 Å². The van der Waals surface area contributed by atoms with Crippen LogP contribution < -0.4 is 0 Å². The van der Waals surface area contributed by atoms with Crippen LogP contribution in [0.4, 0.5) is 8.78 Å². The third-order valence-corrected chi connectivity index (χ3v) is 3.27. The molecule has 0 aliphatic carbocycles. The largest absolute Gasteiger partial charge is 0.461 e. The molecule has 1 rings (SSSR count). The van der Waals surface area contributed by atoms with Crippen molar-refractivity contribution in [2.75, 3.05) is 6.61 Å². The molecule has 0 bridgehead atoms. The molecular weight excluding hydrogens is 411 g/mol. The van der Waals surface area contributed by atoms with Gasteiger partial charge in [0, 0.05) is 14.5 Å². The van der Waals surface area contributed by atoms with Gasteiger partial charge in [0.15, 0.2) is 5.69 Å². The molecule has 0 fully saturated rings. The van der Waals surface area contributed by atoms with E-state index in [2.05, 4.69) is 20.9 Å². The van der Waals surface area contributed by atoms with Crippen molar-refractivity contribution in [2.45, 2.75) is 18.7 Å². The maximum atomic E-state index is 12.7. The lowest BCUT2D eigenvalue weighted by molar-refractivity contribution is 0.0517. The fraction of sp³-hybridized carbons (Fsp3) is 0.400. The maximum Gasteiger partial charge on any atom is 0.358 e. The molecule has 0 amide bonds. The second-order valence-electron chi connectivity index (χ2n) is 3.01. The number of aromatic nitrogens is 1. The fourth-order valence-corrected chi connectivity index (χ4v) is 2.31. The molecule has 1 heterocycles. The molecule has 17 heavy (non-hydrogen) atoms. The van der Waals surface area contributed by atoms with E-state index in [0.29, 0.717) is 3.57 Å². The van der Waals surface area contributed by atoms with E-state index < -0.39 is 12.4 Å². The van der Waals surface area contributed by atoms with Crippen LogP contribution in [0.5, 0.6) is 0 Å². The number of halogens is 4. The normalized spacial score (nSPS) is 10.7. The van der Waals surface area contributed by atoms with Gasteiger partial charge in [-0.05, 0) is 35.6 Å². The van der Waals surface area contributed by atoms with E-state index in [0.717, 1.165) is 0 Å². The van der Waals surface area contributed by atoms with Crippen LogP contribution in [0.25, 0.3) is 0 Å². The smallest absolute Gasteiger partial charge is 0.358 e. The summed E-state index contributed by atoms with van der Waals surface area (Å²) in [6.45, 7) is 1.89. The van der Waals surface area contributed by atoms with Crippen molar-refractivity contribution in [1.82, 2.24) is 4.98 Å². The Morgan fingerprint density at radius 2 is 2.29 bits per heavy atom. The van der Waals surface area contributed by atoms with E-state index in [1.165, 1.54) is 6.07 Å². The Labute approximate surface area is 119 Å².